The van der Waals surface area contributed by atoms with Gasteiger partial charge in [-0.2, -0.15) is 0 Å². The molecule has 1 aromatic rings. The molecule has 0 aliphatic carbocycles. The van der Waals surface area contributed by atoms with Gasteiger partial charge in [0.25, 0.3) is 0 Å². The normalized spacial score (nSPS) is 13.2. The Morgan fingerprint density at radius 1 is 1.50 bits per heavy atom. The van der Waals surface area contributed by atoms with Crippen molar-refractivity contribution in [2.45, 2.75) is 6.56 Å². The van der Waals surface area contributed by atoms with Crippen molar-refractivity contribution in [3.63, 3.8) is 0 Å². The summed E-state index contributed by atoms with van der Waals surface area (Å²) in [6.07, 6.45) is 0. The van der Waals surface area contributed by atoms with Crippen LogP contribution in [-0.2, 0) is 6.56 Å². The van der Waals surface area contributed by atoms with E-state index in [1.54, 1.807) is 0 Å². The molecule has 0 heterocycles. The summed E-state index contributed by atoms with van der Waals surface area (Å²) in [5.41, 5.74) is 0.595. The van der Waals surface area contributed by atoms with Crippen molar-refractivity contribution in [2.75, 3.05) is 0 Å². The molecule has 1 aromatic carbocycles. The molecule has 0 fully saturated rings. The molecule has 0 spiro atoms. The van der Waals surface area contributed by atoms with Gasteiger partial charge in [0.15, 0.2) is 5.69 Å². The van der Waals surface area contributed by atoms with E-state index in [1.807, 2.05) is 0 Å². The predicted octanol–water partition coefficient (Wildman–Crippen LogP) is 1.73. The second-order valence-corrected chi connectivity index (χ2v) is 1.77. The largest absolute Gasteiger partial charge is 0.392 e. The van der Waals surface area contributed by atoms with Gasteiger partial charge in [-0.05, 0) is 5.56 Å². The molecule has 0 bridgehead atoms. The summed E-state index contributed by atoms with van der Waals surface area (Å²) in [5.74, 6) is 0. The van der Waals surface area contributed by atoms with E-state index < -0.39 is 6.56 Å². The average Bonchev–Trinajstić information content (AvgIpc) is 2.03. The molecule has 0 aromatic heterocycles. The fraction of sp³-hybridized carbons (Fsp3) is 0.125. The molecule has 50 valence electrons. The van der Waals surface area contributed by atoms with Gasteiger partial charge in [0.2, 0.25) is 0 Å². The van der Waals surface area contributed by atoms with Gasteiger partial charge in [-0.1, -0.05) is 24.3 Å². The number of hydrogen-bond acceptors (Lipinski definition) is 1. The predicted molar refractivity (Wildman–Crippen MR) is 38.6 cm³/mol. The summed E-state index contributed by atoms with van der Waals surface area (Å²) in [5, 5.41) is 8.91. The van der Waals surface area contributed by atoms with Crippen LogP contribution in [0.15, 0.2) is 24.3 Å². The zero-order valence-electron chi connectivity index (χ0n) is 7.20. The molecule has 0 radical (unpaired) electrons. The third-order valence-corrected chi connectivity index (χ3v) is 1.13. The van der Waals surface area contributed by atoms with E-state index >= 15 is 0 Å². The van der Waals surface area contributed by atoms with Crippen LogP contribution in [0.1, 0.15) is 8.30 Å². The third kappa shape index (κ3) is 1.34. The Balaban J connectivity index is 3.02. The highest BCUT2D eigenvalue weighted by Crippen LogP contribution is 2.11. The molecule has 0 aliphatic rings. The van der Waals surface area contributed by atoms with E-state index in [1.165, 1.54) is 24.3 Å². The molecule has 2 nitrogen and oxygen atoms in total. The van der Waals surface area contributed by atoms with Crippen molar-refractivity contribution >= 4 is 5.69 Å². The Morgan fingerprint density at radius 2 is 2.10 bits per heavy atom. The molecule has 2 heteroatoms. The minimum absolute atomic E-state index is 0.162. The van der Waals surface area contributed by atoms with Crippen molar-refractivity contribution in [1.29, 1.82) is 0 Å². The number of nitrogens with zero attached hydrogens (tertiary/aromatic N) is 1. The molecule has 0 amide bonds. The third-order valence-electron chi connectivity index (χ3n) is 1.13. The fourth-order valence-electron chi connectivity index (χ4n) is 0.611. The first kappa shape index (κ1) is 4.48. The van der Waals surface area contributed by atoms with Gasteiger partial charge in [0.05, 0.1) is 15.9 Å². The maximum Gasteiger partial charge on any atom is 0.187 e. The van der Waals surface area contributed by atoms with Crippen LogP contribution in [0.2, 0.25) is 0 Å². The highest BCUT2D eigenvalue weighted by atomic mass is 16.3. The Kier molecular flexibility index (Phi) is 1.34. The topological polar surface area (TPSA) is 24.6 Å². The lowest BCUT2D eigenvalue weighted by Crippen LogP contribution is -1.78. The zero-order chi connectivity index (χ0) is 9.19. The summed E-state index contributed by atoms with van der Waals surface area (Å²) in [4.78, 5) is 3.14. The molecular formula is C8H7NO. The van der Waals surface area contributed by atoms with Gasteiger partial charge < -0.3 is 5.11 Å². The van der Waals surface area contributed by atoms with Crippen LogP contribution in [0, 0.1) is 6.57 Å². The van der Waals surface area contributed by atoms with E-state index in [0.717, 1.165) is 0 Å². The van der Waals surface area contributed by atoms with Crippen LogP contribution in [0.3, 0.4) is 0 Å². The molecule has 0 atom stereocenters. The van der Waals surface area contributed by atoms with Crippen molar-refractivity contribution in [2.24, 2.45) is 0 Å². The first-order valence-corrected chi connectivity index (χ1v) is 2.74. The van der Waals surface area contributed by atoms with Gasteiger partial charge >= 0.3 is 0 Å². The van der Waals surface area contributed by atoms with Crippen LogP contribution < -0.4 is 0 Å². The monoisotopic (exact) mass is 135 g/mol. The second kappa shape index (κ2) is 3.00. The summed E-state index contributed by atoms with van der Waals surface area (Å²) in [7, 11) is 0. The Labute approximate surface area is 62.4 Å². The second-order valence-electron chi connectivity index (χ2n) is 1.77. The van der Waals surface area contributed by atoms with Gasteiger partial charge in [-0.25, -0.2) is 4.85 Å². The number of rotatable bonds is 1. The molecular weight excluding hydrogens is 126 g/mol. The van der Waals surface area contributed by atoms with Gasteiger partial charge in [0.1, 0.15) is 0 Å². The minimum Gasteiger partial charge on any atom is -0.392 e. The fourth-order valence-corrected chi connectivity index (χ4v) is 0.611. The van der Waals surface area contributed by atoms with E-state index in [2.05, 4.69) is 4.85 Å². The lowest BCUT2D eigenvalue weighted by atomic mass is 10.2. The van der Waals surface area contributed by atoms with Crippen LogP contribution >= 0.6 is 0 Å². The summed E-state index contributed by atoms with van der Waals surface area (Å²) >= 11 is 0. The standard InChI is InChI=1S/C8H7NO/c1-9-8-4-2-7(6-10)3-5-8/h2-5,10H,6H2/i6D2. The molecule has 0 aliphatic heterocycles. The Morgan fingerprint density at radius 3 is 2.50 bits per heavy atom. The quantitative estimate of drug-likeness (QED) is 0.583. The summed E-state index contributed by atoms with van der Waals surface area (Å²) in [6, 6.07) is 5.73. The number of hydrogen-bond donors (Lipinski definition) is 1. The average molecular weight is 135 g/mol. The molecule has 0 saturated heterocycles. The van der Waals surface area contributed by atoms with Crippen molar-refractivity contribution < 1.29 is 7.85 Å². The Hall–Kier alpha value is -1.33. The highest BCUT2D eigenvalue weighted by molar-refractivity contribution is 5.45. The summed E-state index contributed by atoms with van der Waals surface area (Å²) in [6.45, 7) is 4.32. The first-order chi connectivity index (χ1) is 5.54. The van der Waals surface area contributed by atoms with Crippen molar-refractivity contribution in [3.05, 3.63) is 41.2 Å². The lowest BCUT2D eigenvalue weighted by Gasteiger charge is -1.92. The van der Waals surface area contributed by atoms with E-state index in [-0.39, 0.29) is 5.56 Å². The van der Waals surface area contributed by atoms with Crippen LogP contribution in [-0.4, -0.2) is 5.11 Å². The van der Waals surface area contributed by atoms with E-state index in [9.17, 15) is 0 Å². The van der Waals surface area contributed by atoms with Gasteiger partial charge in [0, 0.05) is 0 Å². The smallest absolute Gasteiger partial charge is 0.187 e. The van der Waals surface area contributed by atoms with E-state index in [0.29, 0.717) is 5.69 Å². The minimum atomic E-state index is -2.32. The highest BCUT2D eigenvalue weighted by Gasteiger charge is 1.89. The van der Waals surface area contributed by atoms with E-state index in [4.69, 9.17) is 14.4 Å². The zero-order valence-corrected chi connectivity index (χ0v) is 5.20. The van der Waals surface area contributed by atoms with Gasteiger partial charge in [-0.3, -0.25) is 0 Å². The molecule has 0 saturated carbocycles. The van der Waals surface area contributed by atoms with Crippen molar-refractivity contribution in [3.8, 4) is 0 Å². The SMILES string of the molecule is [2H]C([2H])(O)c1ccc([N+]#[C-])cc1. The van der Waals surface area contributed by atoms with Crippen LogP contribution in [0.4, 0.5) is 5.69 Å². The molecule has 1 N–H and O–H groups in total. The van der Waals surface area contributed by atoms with Crippen molar-refractivity contribution in [1.82, 2.24) is 0 Å². The molecule has 0 unspecified atom stereocenters. The maximum atomic E-state index is 8.91. The lowest BCUT2D eigenvalue weighted by molar-refractivity contribution is 0.282. The van der Waals surface area contributed by atoms with Crippen LogP contribution in [0.5, 0.6) is 0 Å². The van der Waals surface area contributed by atoms with Crippen LogP contribution in [0.25, 0.3) is 4.85 Å². The first-order valence-electron chi connectivity index (χ1n) is 3.74. The van der Waals surface area contributed by atoms with Gasteiger partial charge in [-0.15, -0.1) is 0 Å². The number of aliphatic hydroxyl groups is 1. The Bertz CT molecular complexity index is 307. The molecule has 10 heavy (non-hydrogen) atoms. The maximum absolute atomic E-state index is 8.91. The summed E-state index contributed by atoms with van der Waals surface area (Å²) < 4.78 is 13.9. The molecule has 1 rings (SSSR count). The number of benzene rings is 1.